The Morgan fingerprint density at radius 2 is 1.71 bits per heavy atom. The molecule has 0 bridgehead atoms. The number of ether oxygens (including phenoxy) is 2. The molecule has 4 nitrogen and oxygen atoms in total. The SMILES string of the molecule is CCC(NC(=O)c1ccc(C)c(C)c1)c1ccc(OC)c(OC)c1. The lowest BCUT2D eigenvalue weighted by Gasteiger charge is -2.19. The maximum atomic E-state index is 12.6. The molecule has 0 heterocycles. The predicted molar refractivity (Wildman–Crippen MR) is 96.0 cm³/mol. The molecule has 0 aliphatic carbocycles. The van der Waals surface area contributed by atoms with Crippen molar-refractivity contribution in [2.45, 2.75) is 33.2 Å². The lowest BCUT2D eigenvalue weighted by atomic mass is 10.0. The summed E-state index contributed by atoms with van der Waals surface area (Å²) < 4.78 is 10.6. The molecule has 0 saturated carbocycles. The highest BCUT2D eigenvalue weighted by Crippen LogP contribution is 2.31. The summed E-state index contributed by atoms with van der Waals surface area (Å²) in [5.41, 5.74) is 3.96. The van der Waals surface area contributed by atoms with Crippen molar-refractivity contribution >= 4 is 5.91 Å². The van der Waals surface area contributed by atoms with Crippen LogP contribution in [0.2, 0.25) is 0 Å². The molecule has 24 heavy (non-hydrogen) atoms. The first kappa shape index (κ1) is 17.9. The fourth-order valence-electron chi connectivity index (χ4n) is 2.61. The van der Waals surface area contributed by atoms with E-state index >= 15 is 0 Å². The number of rotatable bonds is 6. The quantitative estimate of drug-likeness (QED) is 0.865. The Morgan fingerprint density at radius 3 is 2.29 bits per heavy atom. The van der Waals surface area contributed by atoms with E-state index in [1.165, 1.54) is 5.56 Å². The Kier molecular flexibility index (Phi) is 5.85. The fourth-order valence-corrected chi connectivity index (χ4v) is 2.61. The number of hydrogen-bond donors (Lipinski definition) is 1. The summed E-state index contributed by atoms with van der Waals surface area (Å²) in [7, 11) is 3.21. The Hall–Kier alpha value is -2.49. The molecule has 1 N–H and O–H groups in total. The molecule has 0 spiro atoms. The highest BCUT2D eigenvalue weighted by Gasteiger charge is 2.16. The van der Waals surface area contributed by atoms with Crippen LogP contribution in [0.1, 0.15) is 46.4 Å². The maximum absolute atomic E-state index is 12.6. The Bertz CT molecular complexity index is 725. The van der Waals surface area contributed by atoms with Crippen LogP contribution in [0.15, 0.2) is 36.4 Å². The Morgan fingerprint density at radius 1 is 1.00 bits per heavy atom. The van der Waals surface area contributed by atoms with Gasteiger partial charge in [-0.2, -0.15) is 0 Å². The smallest absolute Gasteiger partial charge is 0.251 e. The standard InChI is InChI=1S/C20H25NO3/c1-6-17(15-9-10-18(23-4)19(12-15)24-5)21-20(22)16-8-7-13(2)14(3)11-16/h7-12,17H,6H2,1-5H3,(H,21,22). The van der Waals surface area contributed by atoms with Gasteiger partial charge < -0.3 is 14.8 Å². The number of nitrogens with one attached hydrogen (secondary N) is 1. The first-order valence-corrected chi connectivity index (χ1v) is 8.10. The lowest BCUT2D eigenvalue weighted by molar-refractivity contribution is 0.0935. The third kappa shape index (κ3) is 3.88. The van der Waals surface area contributed by atoms with E-state index in [0.717, 1.165) is 17.5 Å². The van der Waals surface area contributed by atoms with Crippen molar-refractivity contribution < 1.29 is 14.3 Å². The maximum Gasteiger partial charge on any atom is 0.251 e. The monoisotopic (exact) mass is 327 g/mol. The second-order valence-corrected chi connectivity index (χ2v) is 5.85. The fraction of sp³-hybridized carbons (Fsp3) is 0.350. The van der Waals surface area contributed by atoms with Crippen molar-refractivity contribution in [2.24, 2.45) is 0 Å². The van der Waals surface area contributed by atoms with E-state index in [1.54, 1.807) is 14.2 Å². The molecule has 4 heteroatoms. The molecule has 0 aliphatic heterocycles. The van der Waals surface area contributed by atoms with E-state index in [9.17, 15) is 4.79 Å². The first-order valence-electron chi connectivity index (χ1n) is 8.10. The van der Waals surface area contributed by atoms with Gasteiger partial charge in [-0.3, -0.25) is 4.79 Å². The van der Waals surface area contributed by atoms with Crippen LogP contribution in [0, 0.1) is 13.8 Å². The van der Waals surface area contributed by atoms with Gasteiger partial charge in [-0.15, -0.1) is 0 Å². The van der Waals surface area contributed by atoms with Crippen LogP contribution in [0.25, 0.3) is 0 Å². The number of amides is 1. The summed E-state index contributed by atoms with van der Waals surface area (Å²) >= 11 is 0. The molecule has 2 aromatic rings. The zero-order valence-corrected chi connectivity index (χ0v) is 15.0. The van der Waals surface area contributed by atoms with Gasteiger partial charge in [-0.1, -0.05) is 19.1 Å². The second-order valence-electron chi connectivity index (χ2n) is 5.85. The molecular formula is C20H25NO3. The van der Waals surface area contributed by atoms with E-state index in [1.807, 2.05) is 57.2 Å². The van der Waals surface area contributed by atoms with Crippen LogP contribution in [-0.2, 0) is 0 Å². The lowest BCUT2D eigenvalue weighted by Crippen LogP contribution is -2.28. The van der Waals surface area contributed by atoms with Crippen LogP contribution >= 0.6 is 0 Å². The minimum atomic E-state index is -0.0843. The van der Waals surface area contributed by atoms with Crippen LogP contribution < -0.4 is 14.8 Å². The van der Waals surface area contributed by atoms with Gasteiger partial charge >= 0.3 is 0 Å². The molecular weight excluding hydrogens is 302 g/mol. The van der Waals surface area contributed by atoms with E-state index < -0.39 is 0 Å². The molecule has 0 saturated heterocycles. The van der Waals surface area contributed by atoms with Crippen LogP contribution in [0.4, 0.5) is 0 Å². The van der Waals surface area contributed by atoms with Crippen molar-refractivity contribution in [3.63, 3.8) is 0 Å². The van der Waals surface area contributed by atoms with Crippen molar-refractivity contribution in [1.82, 2.24) is 5.32 Å². The summed E-state index contributed by atoms with van der Waals surface area (Å²) in [6, 6.07) is 11.4. The summed E-state index contributed by atoms with van der Waals surface area (Å²) in [4.78, 5) is 12.6. The molecule has 1 atom stereocenters. The number of methoxy groups -OCH3 is 2. The van der Waals surface area contributed by atoms with Gasteiger partial charge in [0.05, 0.1) is 20.3 Å². The van der Waals surface area contributed by atoms with Crippen LogP contribution in [0.3, 0.4) is 0 Å². The second kappa shape index (κ2) is 7.86. The van der Waals surface area contributed by atoms with E-state index in [0.29, 0.717) is 17.1 Å². The average molecular weight is 327 g/mol. The zero-order valence-electron chi connectivity index (χ0n) is 15.0. The van der Waals surface area contributed by atoms with Gasteiger partial charge in [0.15, 0.2) is 11.5 Å². The summed E-state index contributed by atoms with van der Waals surface area (Å²) in [6.45, 7) is 6.09. The molecule has 0 aromatic heterocycles. The Labute approximate surface area is 143 Å². The van der Waals surface area contributed by atoms with Crippen molar-refractivity contribution in [2.75, 3.05) is 14.2 Å². The van der Waals surface area contributed by atoms with Gasteiger partial charge in [0.1, 0.15) is 0 Å². The average Bonchev–Trinajstić information content (AvgIpc) is 2.61. The zero-order chi connectivity index (χ0) is 17.7. The largest absolute Gasteiger partial charge is 0.493 e. The molecule has 1 amide bonds. The van der Waals surface area contributed by atoms with E-state index in [2.05, 4.69) is 5.32 Å². The predicted octanol–water partition coefficient (Wildman–Crippen LogP) is 4.20. The summed E-state index contributed by atoms with van der Waals surface area (Å²) in [5, 5.41) is 3.10. The third-order valence-corrected chi connectivity index (χ3v) is 4.29. The number of benzene rings is 2. The summed E-state index contributed by atoms with van der Waals surface area (Å²) in [6.07, 6.45) is 0.784. The molecule has 0 fully saturated rings. The number of aryl methyl sites for hydroxylation is 2. The van der Waals surface area contributed by atoms with Gasteiger partial charge in [0.2, 0.25) is 0 Å². The number of carbonyl (C=O) groups is 1. The third-order valence-electron chi connectivity index (χ3n) is 4.29. The van der Waals surface area contributed by atoms with Gasteiger partial charge in [-0.05, 0) is 61.2 Å². The first-order chi connectivity index (χ1) is 11.5. The van der Waals surface area contributed by atoms with E-state index in [4.69, 9.17) is 9.47 Å². The minimum Gasteiger partial charge on any atom is -0.493 e. The van der Waals surface area contributed by atoms with Gasteiger partial charge in [0.25, 0.3) is 5.91 Å². The minimum absolute atomic E-state index is 0.0697. The summed E-state index contributed by atoms with van der Waals surface area (Å²) in [5.74, 6) is 1.27. The topological polar surface area (TPSA) is 47.6 Å². The molecule has 128 valence electrons. The number of hydrogen-bond acceptors (Lipinski definition) is 3. The molecule has 2 rings (SSSR count). The number of carbonyl (C=O) groups excluding carboxylic acids is 1. The van der Waals surface area contributed by atoms with Gasteiger partial charge in [-0.25, -0.2) is 0 Å². The molecule has 0 radical (unpaired) electrons. The van der Waals surface area contributed by atoms with Gasteiger partial charge in [0, 0.05) is 5.56 Å². The Balaban J connectivity index is 2.22. The van der Waals surface area contributed by atoms with Crippen molar-refractivity contribution in [3.8, 4) is 11.5 Å². The van der Waals surface area contributed by atoms with Crippen LogP contribution in [-0.4, -0.2) is 20.1 Å². The molecule has 1 unspecified atom stereocenters. The van der Waals surface area contributed by atoms with Crippen molar-refractivity contribution in [3.05, 3.63) is 58.7 Å². The normalized spacial score (nSPS) is 11.7. The highest BCUT2D eigenvalue weighted by molar-refractivity contribution is 5.94. The van der Waals surface area contributed by atoms with Crippen LogP contribution in [0.5, 0.6) is 11.5 Å². The molecule has 0 aliphatic rings. The molecule has 2 aromatic carbocycles. The van der Waals surface area contributed by atoms with Crippen molar-refractivity contribution in [1.29, 1.82) is 0 Å². The van der Waals surface area contributed by atoms with E-state index in [-0.39, 0.29) is 11.9 Å². The highest BCUT2D eigenvalue weighted by atomic mass is 16.5.